The first-order chi connectivity index (χ1) is 8.58. The van der Waals surface area contributed by atoms with Gasteiger partial charge in [0.15, 0.2) is 6.61 Å². The van der Waals surface area contributed by atoms with E-state index in [1.807, 2.05) is 13.0 Å². The third kappa shape index (κ3) is 2.94. The Morgan fingerprint density at radius 3 is 3.06 bits per heavy atom. The van der Waals surface area contributed by atoms with Crippen LogP contribution in [0.25, 0.3) is 0 Å². The maximum absolute atomic E-state index is 11.9. The standard InChI is InChI=1S/C13H17ClN2O2/c1-9-11(14)3-2-4-12(9)18-8-13(17)16-6-5-10(15)7-16/h2-4,10H,5-8,15H2,1H3/t10-/m0/s1. The van der Waals surface area contributed by atoms with Crippen LogP contribution < -0.4 is 10.5 Å². The van der Waals surface area contributed by atoms with Gasteiger partial charge in [0.25, 0.3) is 5.91 Å². The number of halogens is 1. The average Bonchev–Trinajstić information content (AvgIpc) is 2.77. The summed E-state index contributed by atoms with van der Waals surface area (Å²) in [6.07, 6.45) is 0.863. The molecule has 0 radical (unpaired) electrons. The van der Waals surface area contributed by atoms with E-state index in [1.54, 1.807) is 17.0 Å². The molecule has 2 rings (SSSR count). The Bertz CT molecular complexity index is 451. The molecule has 98 valence electrons. The molecule has 0 aromatic heterocycles. The molecule has 1 aromatic rings. The molecular weight excluding hydrogens is 252 g/mol. The number of benzene rings is 1. The lowest BCUT2D eigenvalue weighted by molar-refractivity contribution is -0.132. The molecule has 0 spiro atoms. The molecule has 2 N–H and O–H groups in total. The number of carbonyl (C=O) groups is 1. The number of hydrogen-bond acceptors (Lipinski definition) is 3. The SMILES string of the molecule is Cc1c(Cl)cccc1OCC(=O)N1CC[C@H](N)C1. The molecule has 0 bridgehead atoms. The molecular formula is C13H17ClN2O2. The van der Waals surface area contributed by atoms with E-state index < -0.39 is 0 Å². The van der Waals surface area contributed by atoms with E-state index in [0.29, 0.717) is 17.3 Å². The molecule has 1 aliphatic heterocycles. The lowest BCUT2D eigenvalue weighted by atomic mass is 10.2. The zero-order chi connectivity index (χ0) is 13.1. The van der Waals surface area contributed by atoms with Crippen molar-refractivity contribution in [3.8, 4) is 5.75 Å². The van der Waals surface area contributed by atoms with Crippen molar-refractivity contribution in [2.75, 3.05) is 19.7 Å². The number of ether oxygens (including phenoxy) is 1. The van der Waals surface area contributed by atoms with Crippen LogP contribution in [0.3, 0.4) is 0 Å². The smallest absolute Gasteiger partial charge is 0.260 e. The van der Waals surface area contributed by atoms with Gasteiger partial charge in [0.1, 0.15) is 5.75 Å². The molecule has 1 amide bonds. The summed E-state index contributed by atoms with van der Waals surface area (Å²) >= 11 is 5.98. The average molecular weight is 269 g/mol. The van der Waals surface area contributed by atoms with E-state index in [2.05, 4.69) is 0 Å². The highest BCUT2D eigenvalue weighted by Crippen LogP contribution is 2.25. The van der Waals surface area contributed by atoms with Gasteiger partial charge in [0, 0.05) is 29.7 Å². The first kappa shape index (κ1) is 13.2. The fourth-order valence-electron chi connectivity index (χ4n) is 1.99. The van der Waals surface area contributed by atoms with Gasteiger partial charge in [-0.2, -0.15) is 0 Å². The van der Waals surface area contributed by atoms with Crippen LogP contribution in [0.15, 0.2) is 18.2 Å². The molecule has 4 nitrogen and oxygen atoms in total. The normalized spacial score (nSPS) is 19.1. The Hall–Kier alpha value is -1.26. The Labute approximate surface area is 112 Å². The van der Waals surface area contributed by atoms with Gasteiger partial charge < -0.3 is 15.4 Å². The summed E-state index contributed by atoms with van der Waals surface area (Å²) in [5, 5.41) is 0.642. The molecule has 5 heteroatoms. The van der Waals surface area contributed by atoms with Crippen LogP contribution in [0.1, 0.15) is 12.0 Å². The van der Waals surface area contributed by atoms with Crippen molar-refractivity contribution in [3.63, 3.8) is 0 Å². The first-order valence-corrected chi connectivity index (χ1v) is 6.37. The zero-order valence-electron chi connectivity index (χ0n) is 10.4. The molecule has 18 heavy (non-hydrogen) atoms. The summed E-state index contributed by atoms with van der Waals surface area (Å²) < 4.78 is 5.51. The Morgan fingerprint density at radius 2 is 2.39 bits per heavy atom. The molecule has 0 saturated carbocycles. The topological polar surface area (TPSA) is 55.6 Å². The van der Waals surface area contributed by atoms with E-state index in [0.717, 1.165) is 18.5 Å². The highest BCUT2D eigenvalue weighted by Gasteiger charge is 2.23. The summed E-state index contributed by atoms with van der Waals surface area (Å²) in [6.45, 7) is 3.25. The van der Waals surface area contributed by atoms with Crippen molar-refractivity contribution in [1.29, 1.82) is 0 Å². The van der Waals surface area contributed by atoms with Crippen LogP contribution in [-0.4, -0.2) is 36.5 Å². The number of nitrogens with two attached hydrogens (primary N) is 1. The number of likely N-dealkylation sites (tertiary alicyclic amines) is 1. The lowest BCUT2D eigenvalue weighted by Crippen LogP contribution is -2.35. The molecule has 1 heterocycles. The van der Waals surface area contributed by atoms with Gasteiger partial charge in [-0.25, -0.2) is 0 Å². The van der Waals surface area contributed by atoms with Crippen molar-refractivity contribution in [2.24, 2.45) is 5.73 Å². The maximum atomic E-state index is 11.9. The fraction of sp³-hybridized carbons (Fsp3) is 0.462. The predicted molar refractivity (Wildman–Crippen MR) is 70.9 cm³/mol. The molecule has 0 aliphatic carbocycles. The van der Waals surface area contributed by atoms with Crippen LogP contribution in [0, 0.1) is 6.92 Å². The van der Waals surface area contributed by atoms with Gasteiger partial charge in [-0.1, -0.05) is 17.7 Å². The third-order valence-corrected chi connectivity index (χ3v) is 3.56. The van der Waals surface area contributed by atoms with E-state index in [-0.39, 0.29) is 18.6 Å². The lowest BCUT2D eigenvalue weighted by Gasteiger charge is -2.16. The van der Waals surface area contributed by atoms with Crippen LogP contribution in [0.4, 0.5) is 0 Å². The number of amides is 1. The van der Waals surface area contributed by atoms with Gasteiger partial charge in [0.2, 0.25) is 0 Å². The summed E-state index contributed by atoms with van der Waals surface area (Å²) in [5.41, 5.74) is 6.61. The molecule has 1 saturated heterocycles. The third-order valence-electron chi connectivity index (χ3n) is 3.15. The minimum Gasteiger partial charge on any atom is -0.483 e. The van der Waals surface area contributed by atoms with Crippen molar-refractivity contribution >= 4 is 17.5 Å². The monoisotopic (exact) mass is 268 g/mol. The molecule has 0 unspecified atom stereocenters. The van der Waals surface area contributed by atoms with Crippen LogP contribution >= 0.6 is 11.6 Å². The Kier molecular flexibility index (Phi) is 4.09. The van der Waals surface area contributed by atoms with Crippen LogP contribution in [0.5, 0.6) is 5.75 Å². The molecule has 1 aromatic carbocycles. The Balaban J connectivity index is 1.91. The minimum atomic E-state index is -0.0256. The van der Waals surface area contributed by atoms with E-state index in [1.165, 1.54) is 0 Å². The summed E-state index contributed by atoms with van der Waals surface area (Å²) in [7, 11) is 0. The second-order valence-electron chi connectivity index (χ2n) is 4.54. The van der Waals surface area contributed by atoms with Crippen molar-refractivity contribution in [2.45, 2.75) is 19.4 Å². The summed E-state index contributed by atoms with van der Waals surface area (Å²) in [6, 6.07) is 5.51. The van der Waals surface area contributed by atoms with E-state index in [9.17, 15) is 4.79 Å². The first-order valence-electron chi connectivity index (χ1n) is 5.99. The van der Waals surface area contributed by atoms with Crippen molar-refractivity contribution in [1.82, 2.24) is 4.90 Å². The zero-order valence-corrected chi connectivity index (χ0v) is 11.1. The van der Waals surface area contributed by atoms with Crippen LogP contribution in [-0.2, 0) is 4.79 Å². The van der Waals surface area contributed by atoms with Crippen molar-refractivity contribution in [3.05, 3.63) is 28.8 Å². The largest absolute Gasteiger partial charge is 0.483 e. The van der Waals surface area contributed by atoms with Crippen molar-refractivity contribution < 1.29 is 9.53 Å². The van der Waals surface area contributed by atoms with E-state index >= 15 is 0 Å². The van der Waals surface area contributed by atoms with Gasteiger partial charge >= 0.3 is 0 Å². The van der Waals surface area contributed by atoms with Gasteiger partial charge in [0.05, 0.1) is 0 Å². The van der Waals surface area contributed by atoms with Gasteiger partial charge in [-0.15, -0.1) is 0 Å². The minimum absolute atomic E-state index is 0.0256. The summed E-state index contributed by atoms with van der Waals surface area (Å²) in [4.78, 5) is 13.6. The van der Waals surface area contributed by atoms with E-state index in [4.69, 9.17) is 22.1 Å². The number of carbonyl (C=O) groups excluding carboxylic acids is 1. The second-order valence-corrected chi connectivity index (χ2v) is 4.95. The van der Waals surface area contributed by atoms with Crippen LogP contribution in [0.2, 0.25) is 5.02 Å². The quantitative estimate of drug-likeness (QED) is 0.906. The highest BCUT2D eigenvalue weighted by molar-refractivity contribution is 6.31. The Morgan fingerprint density at radius 1 is 1.61 bits per heavy atom. The summed E-state index contributed by atoms with van der Waals surface area (Å²) in [5.74, 6) is 0.627. The van der Waals surface area contributed by atoms with Gasteiger partial charge in [-0.05, 0) is 25.5 Å². The second kappa shape index (κ2) is 5.59. The number of rotatable bonds is 3. The van der Waals surface area contributed by atoms with Gasteiger partial charge in [-0.3, -0.25) is 4.79 Å². The molecule has 1 fully saturated rings. The fourth-order valence-corrected chi connectivity index (χ4v) is 2.15. The molecule has 1 atom stereocenters. The molecule has 1 aliphatic rings. The number of nitrogens with zero attached hydrogens (tertiary/aromatic N) is 1. The predicted octanol–water partition coefficient (Wildman–Crippen LogP) is 1.59. The number of hydrogen-bond donors (Lipinski definition) is 1. The maximum Gasteiger partial charge on any atom is 0.260 e. The highest BCUT2D eigenvalue weighted by atomic mass is 35.5.